The lowest BCUT2D eigenvalue weighted by Crippen LogP contribution is -2.35. The second-order valence-electron chi connectivity index (χ2n) is 4.18. The lowest BCUT2D eigenvalue weighted by atomic mass is 9.81. The predicted octanol–water partition coefficient (Wildman–Crippen LogP) is 0.616. The third-order valence-electron chi connectivity index (χ3n) is 3.19. The minimum Gasteiger partial charge on any atom is -0.338 e. The Bertz CT molecular complexity index is 227. The van der Waals surface area contributed by atoms with Crippen molar-refractivity contribution in [1.82, 2.24) is 4.90 Å². The molecule has 0 aromatic heterocycles. The van der Waals surface area contributed by atoms with Gasteiger partial charge in [0, 0.05) is 18.5 Å². The molecule has 1 aliphatic heterocycles. The molecule has 1 saturated heterocycles. The minimum atomic E-state index is 0.0176. The fourth-order valence-electron chi connectivity index (χ4n) is 1.77. The summed E-state index contributed by atoms with van der Waals surface area (Å²) >= 11 is 0. The number of hydrogen-bond acceptors (Lipinski definition) is 2. The molecule has 2 atom stereocenters. The Morgan fingerprint density at radius 3 is 2.85 bits per heavy atom. The first-order valence-corrected chi connectivity index (χ1v) is 4.65. The Kier molecular flexibility index (Phi) is 2.76. The molecule has 2 unspecified atom stereocenters. The van der Waals surface area contributed by atoms with Crippen LogP contribution in [-0.2, 0) is 4.79 Å². The van der Waals surface area contributed by atoms with Crippen LogP contribution < -0.4 is 5.73 Å². The van der Waals surface area contributed by atoms with E-state index < -0.39 is 0 Å². The van der Waals surface area contributed by atoms with Gasteiger partial charge in [-0.05, 0) is 18.5 Å². The fraction of sp³-hybridized carbons (Fsp3) is 0.700. The summed E-state index contributed by atoms with van der Waals surface area (Å²) in [5.74, 6) is 0.491. The van der Waals surface area contributed by atoms with Gasteiger partial charge in [0.25, 0.3) is 0 Å². The Balaban J connectivity index is 2.70. The van der Waals surface area contributed by atoms with Crippen molar-refractivity contribution < 1.29 is 4.79 Å². The molecule has 1 rings (SSSR count). The first kappa shape index (κ1) is 10.3. The van der Waals surface area contributed by atoms with E-state index >= 15 is 0 Å². The molecule has 0 saturated carbocycles. The van der Waals surface area contributed by atoms with Crippen LogP contribution in [0.5, 0.6) is 0 Å². The van der Waals surface area contributed by atoms with Crippen molar-refractivity contribution in [1.29, 1.82) is 0 Å². The molecule has 0 bridgehead atoms. The molecule has 3 nitrogen and oxygen atoms in total. The largest absolute Gasteiger partial charge is 0.338 e. The lowest BCUT2D eigenvalue weighted by molar-refractivity contribution is -0.125. The second kappa shape index (κ2) is 3.50. The third-order valence-corrected chi connectivity index (χ3v) is 3.19. The SMILES string of the molecule is C=CC(=O)N1CC(C)C(C)(CN)C1. The Hall–Kier alpha value is -0.830. The number of nitrogens with two attached hydrogens (primary N) is 1. The normalized spacial score (nSPS) is 33.5. The van der Waals surface area contributed by atoms with Crippen molar-refractivity contribution in [3.05, 3.63) is 12.7 Å². The maximum Gasteiger partial charge on any atom is 0.245 e. The van der Waals surface area contributed by atoms with Gasteiger partial charge in [-0.25, -0.2) is 0 Å². The molecule has 0 aromatic rings. The number of carbonyl (C=O) groups is 1. The van der Waals surface area contributed by atoms with Crippen molar-refractivity contribution >= 4 is 5.91 Å². The van der Waals surface area contributed by atoms with E-state index in [-0.39, 0.29) is 11.3 Å². The average Bonchev–Trinajstić information content (AvgIpc) is 2.43. The van der Waals surface area contributed by atoms with Gasteiger partial charge in [0.15, 0.2) is 0 Å². The molecule has 0 aliphatic carbocycles. The fourth-order valence-corrected chi connectivity index (χ4v) is 1.77. The first-order chi connectivity index (χ1) is 6.03. The summed E-state index contributed by atoms with van der Waals surface area (Å²) in [5, 5.41) is 0. The van der Waals surface area contributed by atoms with Crippen LogP contribution in [0.4, 0.5) is 0 Å². The lowest BCUT2D eigenvalue weighted by Gasteiger charge is -2.25. The van der Waals surface area contributed by atoms with Crippen LogP contribution in [0.3, 0.4) is 0 Å². The van der Waals surface area contributed by atoms with Crippen LogP contribution in [0.15, 0.2) is 12.7 Å². The second-order valence-corrected chi connectivity index (χ2v) is 4.18. The minimum absolute atomic E-state index is 0.0176. The van der Waals surface area contributed by atoms with Crippen LogP contribution in [-0.4, -0.2) is 30.4 Å². The molecule has 1 fully saturated rings. The van der Waals surface area contributed by atoms with Crippen LogP contribution in [0.2, 0.25) is 0 Å². The van der Waals surface area contributed by atoms with Crippen molar-refractivity contribution in [2.75, 3.05) is 19.6 Å². The molecule has 1 amide bonds. The highest BCUT2D eigenvalue weighted by Crippen LogP contribution is 2.34. The first-order valence-electron chi connectivity index (χ1n) is 4.65. The monoisotopic (exact) mass is 182 g/mol. The molecule has 0 radical (unpaired) electrons. The molecular weight excluding hydrogens is 164 g/mol. The van der Waals surface area contributed by atoms with Crippen molar-refractivity contribution in [2.24, 2.45) is 17.1 Å². The van der Waals surface area contributed by atoms with Gasteiger partial charge in [-0.2, -0.15) is 0 Å². The van der Waals surface area contributed by atoms with Gasteiger partial charge >= 0.3 is 0 Å². The van der Waals surface area contributed by atoms with Gasteiger partial charge in [0.1, 0.15) is 0 Å². The van der Waals surface area contributed by atoms with E-state index in [1.807, 2.05) is 4.90 Å². The maximum atomic E-state index is 11.3. The number of carbonyl (C=O) groups excluding carboxylic acids is 1. The number of nitrogens with zero attached hydrogens (tertiary/aromatic N) is 1. The summed E-state index contributed by atoms with van der Waals surface area (Å²) in [5.41, 5.74) is 5.78. The quantitative estimate of drug-likeness (QED) is 0.636. The number of rotatable bonds is 2. The zero-order valence-corrected chi connectivity index (χ0v) is 8.42. The molecular formula is C10H18N2O. The molecule has 1 heterocycles. The van der Waals surface area contributed by atoms with E-state index in [0.717, 1.165) is 13.1 Å². The van der Waals surface area contributed by atoms with Gasteiger partial charge in [-0.1, -0.05) is 20.4 Å². The highest BCUT2D eigenvalue weighted by molar-refractivity contribution is 5.87. The van der Waals surface area contributed by atoms with E-state index in [1.165, 1.54) is 6.08 Å². The van der Waals surface area contributed by atoms with Gasteiger partial charge in [-0.15, -0.1) is 0 Å². The maximum absolute atomic E-state index is 11.3. The highest BCUT2D eigenvalue weighted by Gasteiger charge is 2.40. The highest BCUT2D eigenvalue weighted by atomic mass is 16.2. The van der Waals surface area contributed by atoms with Crippen LogP contribution in [0.1, 0.15) is 13.8 Å². The van der Waals surface area contributed by atoms with Gasteiger partial charge in [0.05, 0.1) is 0 Å². The van der Waals surface area contributed by atoms with E-state index in [9.17, 15) is 4.79 Å². The number of likely N-dealkylation sites (tertiary alicyclic amines) is 1. The van der Waals surface area contributed by atoms with Crippen molar-refractivity contribution in [3.8, 4) is 0 Å². The summed E-state index contributed by atoms with van der Waals surface area (Å²) < 4.78 is 0. The number of amides is 1. The Morgan fingerprint density at radius 2 is 2.46 bits per heavy atom. The van der Waals surface area contributed by atoms with Gasteiger partial charge in [-0.3, -0.25) is 4.79 Å². The third kappa shape index (κ3) is 1.75. The van der Waals surface area contributed by atoms with Gasteiger partial charge in [0.2, 0.25) is 5.91 Å². The summed E-state index contributed by atoms with van der Waals surface area (Å²) in [7, 11) is 0. The summed E-state index contributed by atoms with van der Waals surface area (Å²) in [4.78, 5) is 13.2. The molecule has 13 heavy (non-hydrogen) atoms. The molecule has 74 valence electrons. The van der Waals surface area contributed by atoms with E-state index in [0.29, 0.717) is 12.5 Å². The van der Waals surface area contributed by atoms with Crippen molar-refractivity contribution in [3.63, 3.8) is 0 Å². The van der Waals surface area contributed by atoms with Gasteiger partial charge < -0.3 is 10.6 Å². The molecule has 1 aliphatic rings. The van der Waals surface area contributed by atoms with E-state index in [2.05, 4.69) is 20.4 Å². The van der Waals surface area contributed by atoms with E-state index in [1.54, 1.807) is 0 Å². The predicted molar refractivity (Wildman–Crippen MR) is 53.1 cm³/mol. The zero-order chi connectivity index (χ0) is 10.1. The van der Waals surface area contributed by atoms with E-state index in [4.69, 9.17) is 5.73 Å². The van der Waals surface area contributed by atoms with Crippen LogP contribution >= 0.6 is 0 Å². The molecule has 2 N–H and O–H groups in total. The standard InChI is InChI=1S/C10H18N2O/c1-4-9(13)12-5-8(2)10(3,6-11)7-12/h4,8H,1,5-7,11H2,2-3H3. The van der Waals surface area contributed by atoms with Crippen molar-refractivity contribution in [2.45, 2.75) is 13.8 Å². The Morgan fingerprint density at radius 1 is 1.85 bits per heavy atom. The molecule has 3 heteroatoms. The summed E-state index contributed by atoms with van der Waals surface area (Å²) in [6.07, 6.45) is 1.37. The number of hydrogen-bond donors (Lipinski definition) is 1. The smallest absolute Gasteiger partial charge is 0.245 e. The Labute approximate surface area is 79.6 Å². The summed E-state index contributed by atoms with van der Waals surface area (Å²) in [6.45, 7) is 9.95. The van der Waals surface area contributed by atoms with Crippen LogP contribution in [0.25, 0.3) is 0 Å². The average molecular weight is 182 g/mol. The zero-order valence-electron chi connectivity index (χ0n) is 8.42. The van der Waals surface area contributed by atoms with Crippen LogP contribution in [0, 0.1) is 11.3 Å². The summed E-state index contributed by atoms with van der Waals surface area (Å²) in [6, 6.07) is 0. The topological polar surface area (TPSA) is 46.3 Å². The molecule has 0 spiro atoms. The molecule has 0 aromatic carbocycles.